The van der Waals surface area contributed by atoms with Crippen LogP contribution in [0.15, 0.2) is 77.9 Å². The van der Waals surface area contributed by atoms with E-state index in [1.807, 2.05) is 55.1 Å². The number of phenolic OH excluding ortho intramolecular Hbond substituents is 2. The zero-order valence-electron chi connectivity index (χ0n) is 34.9. The highest BCUT2D eigenvalue weighted by Gasteiger charge is 2.29. The number of H-pyrrole nitrogens is 1. The summed E-state index contributed by atoms with van der Waals surface area (Å²) >= 11 is 0. The van der Waals surface area contributed by atoms with Crippen molar-refractivity contribution in [1.29, 1.82) is 0 Å². The number of ether oxygens (including phenoxy) is 1. The molecule has 3 aliphatic rings. The van der Waals surface area contributed by atoms with Crippen LogP contribution in [0.1, 0.15) is 58.1 Å². The normalized spacial score (nSPS) is 16.2. The fourth-order valence-electron chi connectivity index (χ4n) is 8.46. The minimum atomic E-state index is -0.424. The molecule has 0 bridgehead atoms. The van der Waals surface area contributed by atoms with Crippen LogP contribution >= 0.6 is 0 Å². The van der Waals surface area contributed by atoms with Crippen molar-refractivity contribution in [3.05, 3.63) is 117 Å². The zero-order chi connectivity index (χ0) is 42.9. The number of nitrogens with one attached hydrogen (secondary N) is 1. The van der Waals surface area contributed by atoms with Crippen LogP contribution in [0.2, 0.25) is 0 Å². The van der Waals surface area contributed by atoms with Crippen LogP contribution < -0.4 is 16.3 Å². The van der Waals surface area contributed by atoms with Crippen molar-refractivity contribution in [1.82, 2.24) is 49.4 Å². The van der Waals surface area contributed by atoms with E-state index in [-0.39, 0.29) is 35.1 Å². The number of rotatable bonds is 10. The highest BCUT2D eigenvalue weighted by Crippen LogP contribution is 2.37. The van der Waals surface area contributed by atoms with E-state index in [0.29, 0.717) is 66.5 Å². The third-order valence-electron chi connectivity index (χ3n) is 11.9. The van der Waals surface area contributed by atoms with Crippen LogP contribution in [-0.4, -0.2) is 125 Å². The molecule has 3 aromatic carbocycles. The van der Waals surface area contributed by atoms with Gasteiger partial charge in [-0.2, -0.15) is 5.10 Å². The maximum Gasteiger partial charge on any atom is 0.348 e. The monoisotopic (exact) mass is 838 g/mol. The molecule has 1 amide bonds. The van der Waals surface area contributed by atoms with Gasteiger partial charge < -0.3 is 30.5 Å². The lowest BCUT2D eigenvalue weighted by atomic mass is 9.98. The predicted molar refractivity (Wildman–Crippen MR) is 233 cm³/mol. The van der Waals surface area contributed by atoms with Gasteiger partial charge in [0.2, 0.25) is 5.95 Å². The number of nitrogens with zero attached hydrogens (tertiary/aromatic N) is 10. The van der Waals surface area contributed by atoms with E-state index < -0.39 is 5.69 Å². The molecule has 0 unspecified atom stereocenters. The largest absolute Gasteiger partial charge is 0.508 e. The Morgan fingerprint density at radius 2 is 1.48 bits per heavy atom. The summed E-state index contributed by atoms with van der Waals surface area (Å²) in [6.07, 6.45) is 3.91. The van der Waals surface area contributed by atoms with Crippen LogP contribution in [0.5, 0.6) is 11.5 Å². The molecule has 62 heavy (non-hydrogen) atoms. The second-order valence-electron chi connectivity index (χ2n) is 16.4. The van der Waals surface area contributed by atoms with E-state index in [1.54, 1.807) is 18.5 Å². The molecule has 2 saturated heterocycles. The Kier molecular flexibility index (Phi) is 11.4. The molecule has 0 saturated carbocycles. The number of aromatic nitrogens is 7. The fourth-order valence-corrected chi connectivity index (χ4v) is 8.46. The summed E-state index contributed by atoms with van der Waals surface area (Å²) < 4.78 is 7.04. The van der Waals surface area contributed by atoms with Crippen LogP contribution in [0, 0.1) is 0 Å². The first-order valence-electron chi connectivity index (χ1n) is 21.0. The number of nitrogens with two attached hydrogens (primary N) is 1. The Morgan fingerprint density at radius 1 is 0.839 bits per heavy atom. The number of piperazine rings is 1. The Labute approximate surface area is 358 Å². The molecule has 6 aromatic rings. The van der Waals surface area contributed by atoms with Crippen LogP contribution in [-0.2, 0) is 30.8 Å². The summed E-state index contributed by atoms with van der Waals surface area (Å²) in [6.45, 7) is 12.8. The first kappa shape index (κ1) is 40.7. The van der Waals surface area contributed by atoms with Crippen molar-refractivity contribution in [2.75, 3.05) is 69.7 Å². The Bertz CT molecular complexity index is 2620. The average Bonchev–Trinajstić information content (AvgIpc) is 3.67. The van der Waals surface area contributed by atoms with Crippen LogP contribution in [0.25, 0.3) is 28.5 Å². The number of anilines is 2. The van der Waals surface area contributed by atoms with Crippen molar-refractivity contribution in [3.8, 4) is 40.0 Å². The fraction of sp³-hybridized carbons (Fsp3) is 0.356. The number of aromatic amines is 1. The summed E-state index contributed by atoms with van der Waals surface area (Å²) in [4.78, 5) is 53.9. The molecule has 0 aliphatic carbocycles. The third kappa shape index (κ3) is 8.46. The molecule has 6 heterocycles. The summed E-state index contributed by atoms with van der Waals surface area (Å²) in [6, 6.07) is 18.7. The van der Waals surface area contributed by atoms with Gasteiger partial charge in [0, 0.05) is 88.5 Å². The van der Waals surface area contributed by atoms with E-state index in [1.165, 1.54) is 10.6 Å². The maximum absolute atomic E-state index is 13.9. The Hall–Kier alpha value is -6.69. The maximum atomic E-state index is 13.9. The van der Waals surface area contributed by atoms with Gasteiger partial charge in [0.25, 0.3) is 5.91 Å². The highest BCUT2D eigenvalue weighted by atomic mass is 16.5. The van der Waals surface area contributed by atoms with Gasteiger partial charge in [0.15, 0.2) is 11.6 Å². The van der Waals surface area contributed by atoms with Gasteiger partial charge in [-0.25, -0.2) is 34.4 Å². The van der Waals surface area contributed by atoms with Crippen LogP contribution in [0.3, 0.4) is 0 Å². The molecule has 320 valence electrons. The number of hydrogen-bond donors (Lipinski definition) is 4. The van der Waals surface area contributed by atoms with Gasteiger partial charge in [0.05, 0.1) is 42.3 Å². The molecule has 0 radical (unpaired) electrons. The molecule has 5 N–H and O–H groups in total. The van der Waals surface area contributed by atoms with Crippen molar-refractivity contribution >= 4 is 17.7 Å². The quantitative estimate of drug-likeness (QED) is 0.154. The second-order valence-corrected chi connectivity index (χ2v) is 16.4. The number of carbonyl (C=O) groups is 1. The molecular weight excluding hydrogens is 789 g/mol. The molecular formula is C45H50N12O5. The number of hydrogen-bond acceptors (Lipinski definition) is 14. The SMILES string of the molecule is CC(C)c1cc(-c2n[nH]c(=O)n2-c2ccc(CN3CCN(Cc4ccc(C(=O)N5CCc6c(nc(-c7cnc(N)nc7)nc6N6CCOCC6)C5)cc4)CC3)cc2)c(O)cc1O. The standard InChI is InChI=1S/C45H50N12O5/c1-28(2)35-21-36(39(59)22-38(35)58)42-51-52-45(61)57(42)33-9-5-30(6-10-33)26-54-15-13-53(14-16-54)25-29-3-7-31(8-4-29)43(60)56-12-11-34-37(27-56)49-40(32-23-47-44(46)48-24-32)50-41(34)55-17-19-62-20-18-55/h3-10,21-24,28,58-59H,11-20,25-27H2,1-2H3,(H,52,61)(H2,46,47,48). The van der Waals surface area contributed by atoms with Crippen molar-refractivity contribution < 1.29 is 19.7 Å². The van der Waals surface area contributed by atoms with Gasteiger partial charge in [-0.15, -0.1) is 0 Å². The Morgan fingerprint density at radius 3 is 2.13 bits per heavy atom. The van der Waals surface area contributed by atoms with E-state index in [4.69, 9.17) is 20.4 Å². The topological polar surface area (TPSA) is 208 Å². The lowest BCUT2D eigenvalue weighted by molar-refractivity contribution is 0.0731. The first-order chi connectivity index (χ1) is 30.1. The summed E-state index contributed by atoms with van der Waals surface area (Å²) in [5.74, 6) is 1.65. The van der Waals surface area contributed by atoms with Crippen molar-refractivity contribution in [2.45, 2.75) is 45.8 Å². The number of morpholine rings is 1. The lowest BCUT2D eigenvalue weighted by Gasteiger charge is -2.35. The molecule has 0 atom stereocenters. The number of amides is 1. The van der Waals surface area contributed by atoms with Gasteiger partial charge in [-0.3, -0.25) is 14.6 Å². The number of carbonyl (C=O) groups excluding carboxylic acids is 1. The van der Waals surface area contributed by atoms with E-state index in [9.17, 15) is 19.8 Å². The number of nitrogen functional groups attached to an aromatic ring is 1. The number of benzene rings is 3. The van der Waals surface area contributed by atoms with Gasteiger partial charge >= 0.3 is 5.69 Å². The molecule has 17 nitrogen and oxygen atoms in total. The number of phenols is 2. The summed E-state index contributed by atoms with van der Waals surface area (Å²) in [7, 11) is 0. The lowest BCUT2D eigenvalue weighted by Crippen LogP contribution is -2.45. The van der Waals surface area contributed by atoms with E-state index in [0.717, 1.165) is 80.6 Å². The predicted octanol–water partition coefficient (Wildman–Crippen LogP) is 3.94. The number of fused-ring (bicyclic) bond motifs is 1. The van der Waals surface area contributed by atoms with Gasteiger partial charge in [0.1, 0.15) is 17.3 Å². The molecule has 3 aliphatic heterocycles. The zero-order valence-corrected chi connectivity index (χ0v) is 34.9. The molecule has 2 fully saturated rings. The van der Waals surface area contributed by atoms with Crippen molar-refractivity contribution in [2.24, 2.45) is 0 Å². The smallest absolute Gasteiger partial charge is 0.348 e. The summed E-state index contributed by atoms with van der Waals surface area (Å²) in [5, 5.41) is 27.7. The summed E-state index contributed by atoms with van der Waals surface area (Å²) in [5.41, 5.74) is 12.4. The van der Waals surface area contributed by atoms with E-state index >= 15 is 0 Å². The minimum Gasteiger partial charge on any atom is -0.508 e. The molecule has 3 aromatic heterocycles. The molecule has 0 spiro atoms. The average molecular weight is 839 g/mol. The van der Waals surface area contributed by atoms with Gasteiger partial charge in [-0.05, 0) is 59.4 Å². The highest BCUT2D eigenvalue weighted by molar-refractivity contribution is 5.94. The van der Waals surface area contributed by atoms with Crippen LogP contribution in [0.4, 0.5) is 11.8 Å². The molecule has 17 heteroatoms. The Balaban J connectivity index is 0.800. The van der Waals surface area contributed by atoms with E-state index in [2.05, 4.69) is 47.0 Å². The number of aromatic hydroxyl groups is 2. The van der Waals surface area contributed by atoms with Crippen molar-refractivity contribution in [3.63, 3.8) is 0 Å². The minimum absolute atomic E-state index is 0.00266. The van der Waals surface area contributed by atoms with Gasteiger partial charge in [-0.1, -0.05) is 38.1 Å². The first-order valence-corrected chi connectivity index (χ1v) is 21.0. The third-order valence-corrected chi connectivity index (χ3v) is 11.9. The molecule has 9 rings (SSSR count). The second kappa shape index (κ2) is 17.4.